The predicted molar refractivity (Wildman–Crippen MR) is 53.7 cm³/mol. The van der Waals surface area contributed by atoms with Crippen LogP contribution in [-0.2, 0) is 14.6 Å². The highest BCUT2D eigenvalue weighted by Crippen LogP contribution is 2.24. The van der Waals surface area contributed by atoms with E-state index in [2.05, 4.69) is 12.2 Å². The second kappa shape index (κ2) is 3.79. The Morgan fingerprint density at radius 3 is 2.71 bits per heavy atom. The van der Waals surface area contributed by atoms with Gasteiger partial charge in [0.05, 0.1) is 18.1 Å². The van der Waals surface area contributed by atoms with Gasteiger partial charge in [0.2, 0.25) is 0 Å². The van der Waals surface area contributed by atoms with Crippen LogP contribution in [0, 0.1) is 11.8 Å². The van der Waals surface area contributed by atoms with E-state index in [-0.39, 0.29) is 12.1 Å². The Morgan fingerprint density at radius 2 is 2.21 bits per heavy atom. The third kappa shape index (κ3) is 2.27. The molecule has 3 unspecified atom stereocenters. The maximum Gasteiger partial charge on any atom is 0.150 e. The van der Waals surface area contributed by atoms with Gasteiger partial charge < -0.3 is 4.74 Å². The summed E-state index contributed by atoms with van der Waals surface area (Å²) in [5, 5.41) is 3.26. The van der Waals surface area contributed by atoms with Crippen molar-refractivity contribution in [2.75, 3.05) is 24.7 Å². The Hall–Kier alpha value is -0.130. The summed E-state index contributed by atoms with van der Waals surface area (Å²) >= 11 is 0. The van der Waals surface area contributed by atoms with Crippen molar-refractivity contribution in [3.05, 3.63) is 0 Å². The molecule has 0 spiro atoms. The fourth-order valence-corrected chi connectivity index (χ4v) is 3.89. The fourth-order valence-electron chi connectivity index (χ4n) is 2.07. The molecule has 5 heteroatoms. The molecule has 0 aliphatic carbocycles. The summed E-state index contributed by atoms with van der Waals surface area (Å²) in [6.07, 6.45) is 0.706. The van der Waals surface area contributed by atoms with Crippen LogP contribution in [0.15, 0.2) is 0 Å². The van der Waals surface area contributed by atoms with Crippen LogP contribution in [-0.4, -0.2) is 39.3 Å². The molecule has 82 valence electrons. The molecule has 2 fully saturated rings. The molecule has 1 N–H and O–H groups in total. The quantitative estimate of drug-likeness (QED) is 0.674. The Morgan fingerprint density at radius 1 is 1.43 bits per heavy atom. The Balaban J connectivity index is 1.91. The molecule has 0 bridgehead atoms. The smallest absolute Gasteiger partial charge is 0.150 e. The zero-order valence-electron chi connectivity index (χ0n) is 8.40. The summed E-state index contributed by atoms with van der Waals surface area (Å²) in [6.45, 7) is 3.80. The minimum absolute atomic E-state index is 0.0384. The molecule has 0 radical (unpaired) electrons. The molecule has 2 heterocycles. The third-order valence-corrected chi connectivity index (χ3v) is 4.72. The Bertz CT molecular complexity index is 293. The SMILES string of the molecule is CC1CNC(C2CCS(=O)(=O)C2)OC1. The number of nitrogens with one attached hydrogen (secondary N) is 1. The monoisotopic (exact) mass is 219 g/mol. The topological polar surface area (TPSA) is 55.4 Å². The van der Waals surface area contributed by atoms with Crippen LogP contribution >= 0.6 is 0 Å². The first kappa shape index (κ1) is 10.4. The highest BCUT2D eigenvalue weighted by molar-refractivity contribution is 7.91. The highest BCUT2D eigenvalue weighted by Gasteiger charge is 2.35. The van der Waals surface area contributed by atoms with E-state index in [1.54, 1.807) is 0 Å². The normalized spacial score (nSPS) is 42.5. The van der Waals surface area contributed by atoms with Gasteiger partial charge in [0.1, 0.15) is 6.23 Å². The molecule has 4 nitrogen and oxygen atoms in total. The van der Waals surface area contributed by atoms with Gasteiger partial charge in [-0.3, -0.25) is 5.32 Å². The highest BCUT2D eigenvalue weighted by atomic mass is 32.2. The van der Waals surface area contributed by atoms with Gasteiger partial charge in [0.15, 0.2) is 9.84 Å². The lowest BCUT2D eigenvalue weighted by Crippen LogP contribution is -2.47. The van der Waals surface area contributed by atoms with Gasteiger partial charge in [-0.15, -0.1) is 0 Å². The minimum Gasteiger partial charge on any atom is -0.363 e. The molecule has 0 saturated carbocycles. The zero-order valence-corrected chi connectivity index (χ0v) is 9.22. The van der Waals surface area contributed by atoms with Gasteiger partial charge in [0, 0.05) is 12.5 Å². The second-order valence-electron chi connectivity index (χ2n) is 4.43. The number of ether oxygens (including phenoxy) is 1. The Labute approximate surface area is 84.9 Å². The average molecular weight is 219 g/mol. The van der Waals surface area contributed by atoms with Crippen LogP contribution in [0.5, 0.6) is 0 Å². The zero-order chi connectivity index (χ0) is 10.2. The summed E-state index contributed by atoms with van der Waals surface area (Å²) < 4.78 is 28.1. The lowest BCUT2D eigenvalue weighted by Gasteiger charge is -2.31. The van der Waals surface area contributed by atoms with Crippen molar-refractivity contribution < 1.29 is 13.2 Å². The van der Waals surface area contributed by atoms with E-state index in [9.17, 15) is 8.42 Å². The van der Waals surface area contributed by atoms with Crippen LogP contribution in [0.4, 0.5) is 0 Å². The summed E-state index contributed by atoms with van der Waals surface area (Å²) in [5.41, 5.74) is 0. The standard InChI is InChI=1S/C9H17NO3S/c1-7-4-10-9(13-5-7)8-2-3-14(11,12)6-8/h7-10H,2-6H2,1H3. The molecule has 2 rings (SSSR count). The van der Waals surface area contributed by atoms with Gasteiger partial charge in [-0.05, 0) is 12.3 Å². The van der Waals surface area contributed by atoms with Crippen LogP contribution in [0.2, 0.25) is 0 Å². The number of sulfone groups is 1. The molecule has 2 aliphatic rings. The lowest BCUT2D eigenvalue weighted by molar-refractivity contribution is -0.0506. The molecule has 2 aliphatic heterocycles. The molecule has 3 atom stereocenters. The Kier molecular flexibility index (Phi) is 2.81. The third-order valence-electron chi connectivity index (χ3n) is 2.92. The van der Waals surface area contributed by atoms with E-state index < -0.39 is 9.84 Å². The van der Waals surface area contributed by atoms with E-state index in [4.69, 9.17) is 4.74 Å². The second-order valence-corrected chi connectivity index (χ2v) is 6.66. The van der Waals surface area contributed by atoms with E-state index in [1.807, 2.05) is 0 Å². The van der Waals surface area contributed by atoms with Gasteiger partial charge in [-0.25, -0.2) is 8.42 Å². The van der Waals surface area contributed by atoms with Gasteiger partial charge in [-0.2, -0.15) is 0 Å². The molecule has 14 heavy (non-hydrogen) atoms. The number of rotatable bonds is 1. The fraction of sp³-hybridized carbons (Fsp3) is 1.00. The van der Waals surface area contributed by atoms with Crippen LogP contribution < -0.4 is 5.32 Å². The molecule has 0 aromatic heterocycles. The lowest BCUT2D eigenvalue weighted by atomic mass is 10.0. The van der Waals surface area contributed by atoms with Crippen molar-refractivity contribution in [3.8, 4) is 0 Å². The van der Waals surface area contributed by atoms with Crippen molar-refractivity contribution in [1.82, 2.24) is 5.32 Å². The van der Waals surface area contributed by atoms with Gasteiger partial charge in [-0.1, -0.05) is 6.92 Å². The first-order valence-corrected chi connectivity index (χ1v) is 6.94. The molecule has 2 saturated heterocycles. The predicted octanol–water partition coefficient (Wildman–Crippen LogP) is 0.00310. The van der Waals surface area contributed by atoms with Crippen molar-refractivity contribution >= 4 is 9.84 Å². The minimum atomic E-state index is -2.78. The van der Waals surface area contributed by atoms with Gasteiger partial charge >= 0.3 is 0 Å². The van der Waals surface area contributed by atoms with Crippen LogP contribution in [0.3, 0.4) is 0 Å². The average Bonchev–Trinajstić information content (AvgIpc) is 2.47. The van der Waals surface area contributed by atoms with Crippen molar-refractivity contribution in [2.45, 2.75) is 19.6 Å². The first-order chi connectivity index (χ1) is 6.57. The maximum atomic E-state index is 11.3. The van der Waals surface area contributed by atoms with Gasteiger partial charge in [0.25, 0.3) is 0 Å². The number of hydrogen-bond acceptors (Lipinski definition) is 4. The summed E-state index contributed by atoms with van der Waals surface area (Å²) in [5.74, 6) is 1.31. The summed E-state index contributed by atoms with van der Waals surface area (Å²) in [7, 11) is -2.78. The van der Waals surface area contributed by atoms with E-state index in [0.29, 0.717) is 17.4 Å². The molecule has 0 aromatic carbocycles. The molecule has 0 amide bonds. The van der Waals surface area contributed by atoms with Crippen LogP contribution in [0.1, 0.15) is 13.3 Å². The summed E-state index contributed by atoms with van der Waals surface area (Å²) in [6, 6.07) is 0. The van der Waals surface area contributed by atoms with Crippen molar-refractivity contribution in [3.63, 3.8) is 0 Å². The van der Waals surface area contributed by atoms with E-state index >= 15 is 0 Å². The van der Waals surface area contributed by atoms with Crippen molar-refractivity contribution in [2.24, 2.45) is 11.8 Å². The number of hydrogen-bond donors (Lipinski definition) is 1. The summed E-state index contributed by atoms with van der Waals surface area (Å²) in [4.78, 5) is 0. The molecular weight excluding hydrogens is 202 g/mol. The van der Waals surface area contributed by atoms with Crippen molar-refractivity contribution in [1.29, 1.82) is 0 Å². The molecular formula is C9H17NO3S. The molecule has 0 aromatic rings. The largest absolute Gasteiger partial charge is 0.363 e. The van der Waals surface area contributed by atoms with E-state index in [1.165, 1.54) is 0 Å². The van der Waals surface area contributed by atoms with E-state index in [0.717, 1.165) is 19.6 Å². The first-order valence-electron chi connectivity index (χ1n) is 5.12. The maximum absolute atomic E-state index is 11.3. The van der Waals surface area contributed by atoms with Crippen LogP contribution in [0.25, 0.3) is 0 Å².